The first-order valence-electron chi connectivity index (χ1n) is 7.11. The molecule has 0 bridgehead atoms. The van der Waals surface area contributed by atoms with Crippen molar-refractivity contribution < 1.29 is 4.79 Å². The largest absolute Gasteiger partial charge is 0.352 e. The first-order chi connectivity index (χ1) is 9.63. The lowest BCUT2D eigenvalue weighted by molar-refractivity contribution is 0.0946. The maximum atomic E-state index is 12.2. The van der Waals surface area contributed by atoms with Crippen LogP contribution in [0.2, 0.25) is 0 Å². The molecule has 2 aromatic rings. The van der Waals surface area contributed by atoms with Crippen LogP contribution in [0.15, 0.2) is 40.9 Å². The number of hydrogen-bond acceptors (Lipinski definition) is 1. The summed E-state index contributed by atoms with van der Waals surface area (Å²) < 4.78 is 1.05. The van der Waals surface area contributed by atoms with Gasteiger partial charge in [-0.3, -0.25) is 4.79 Å². The first kappa shape index (κ1) is 15.0. The molecule has 106 valence electrons. The molecule has 0 fully saturated rings. The Bertz CT molecular complexity index is 605. The summed E-state index contributed by atoms with van der Waals surface area (Å²) in [7, 11) is 0. The van der Waals surface area contributed by atoms with Crippen LogP contribution in [-0.4, -0.2) is 12.5 Å². The van der Waals surface area contributed by atoms with E-state index in [0.29, 0.717) is 5.92 Å². The third-order valence-electron chi connectivity index (χ3n) is 3.77. The SMILES string of the molecule is CCC(CC)CNC(=O)c1ccc2cc(Br)ccc2c1. The predicted molar refractivity (Wildman–Crippen MR) is 88.1 cm³/mol. The van der Waals surface area contributed by atoms with Gasteiger partial charge in [-0.1, -0.05) is 54.8 Å². The van der Waals surface area contributed by atoms with Crippen LogP contribution in [0, 0.1) is 5.92 Å². The summed E-state index contributed by atoms with van der Waals surface area (Å²) in [5, 5.41) is 5.25. The van der Waals surface area contributed by atoms with Crippen molar-refractivity contribution in [3.8, 4) is 0 Å². The maximum absolute atomic E-state index is 12.2. The molecular formula is C17H20BrNO. The van der Waals surface area contributed by atoms with Crippen molar-refractivity contribution in [3.05, 3.63) is 46.4 Å². The number of hydrogen-bond donors (Lipinski definition) is 1. The lowest BCUT2D eigenvalue weighted by Crippen LogP contribution is -2.28. The van der Waals surface area contributed by atoms with Crippen LogP contribution in [-0.2, 0) is 0 Å². The number of amides is 1. The monoisotopic (exact) mass is 333 g/mol. The Hall–Kier alpha value is -1.35. The van der Waals surface area contributed by atoms with Crippen LogP contribution in [0.1, 0.15) is 37.0 Å². The van der Waals surface area contributed by atoms with Gasteiger partial charge in [0.15, 0.2) is 0 Å². The smallest absolute Gasteiger partial charge is 0.251 e. The molecule has 0 aliphatic heterocycles. The number of rotatable bonds is 5. The summed E-state index contributed by atoms with van der Waals surface area (Å²) in [5.41, 5.74) is 0.728. The van der Waals surface area contributed by atoms with Gasteiger partial charge in [0.1, 0.15) is 0 Å². The summed E-state index contributed by atoms with van der Waals surface area (Å²) in [4.78, 5) is 12.2. The molecule has 0 saturated heterocycles. The van der Waals surface area contributed by atoms with Gasteiger partial charge in [0.05, 0.1) is 0 Å². The zero-order valence-corrected chi connectivity index (χ0v) is 13.5. The average Bonchev–Trinajstić information content (AvgIpc) is 2.47. The van der Waals surface area contributed by atoms with Crippen molar-refractivity contribution in [2.24, 2.45) is 5.92 Å². The first-order valence-corrected chi connectivity index (χ1v) is 7.90. The van der Waals surface area contributed by atoms with Gasteiger partial charge in [0, 0.05) is 16.6 Å². The Morgan fingerprint density at radius 2 is 1.75 bits per heavy atom. The quantitative estimate of drug-likeness (QED) is 0.838. The van der Waals surface area contributed by atoms with Crippen molar-refractivity contribution in [2.45, 2.75) is 26.7 Å². The zero-order valence-electron chi connectivity index (χ0n) is 11.9. The van der Waals surface area contributed by atoms with E-state index in [-0.39, 0.29) is 5.91 Å². The van der Waals surface area contributed by atoms with E-state index in [1.54, 1.807) is 0 Å². The molecule has 0 saturated carbocycles. The Balaban J connectivity index is 2.12. The highest BCUT2D eigenvalue weighted by atomic mass is 79.9. The molecule has 0 aliphatic rings. The zero-order chi connectivity index (χ0) is 14.5. The highest BCUT2D eigenvalue weighted by Gasteiger charge is 2.09. The molecule has 0 spiro atoms. The van der Waals surface area contributed by atoms with Gasteiger partial charge in [0.2, 0.25) is 0 Å². The topological polar surface area (TPSA) is 29.1 Å². The molecular weight excluding hydrogens is 314 g/mol. The minimum atomic E-state index is 0.0155. The number of nitrogens with one attached hydrogen (secondary N) is 1. The van der Waals surface area contributed by atoms with Crippen LogP contribution in [0.5, 0.6) is 0 Å². The Labute approximate surface area is 128 Å². The predicted octanol–water partition coefficient (Wildman–Crippen LogP) is 4.77. The molecule has 0 radical (unpaired) electrons. The third-order valence-corrected chi connectivity index (χ3v) is 4.26. The van der Waals surface area contributed by atoms with Gasteiger partial charge in [-0.05, 0) is 41.0 Å². The molecule has 0 aliphatic carbocycles. The second-order valence-electron chi connectivity index (χ2n) is 5.10. The molecule has 2 nitrogen and oxygen atoms in total. The average molecular weight is 334 g/mol. The molecule has 2 aromatic carbocycles. The summed E-state index contributed by atoms with van der Waals surface area (Å²) in [6, 6.07) is 11.9. The molecule has 1 N–H and O–H groups in total. The molecule has 3 heteroatoms. The van der Waals surface area contributed by atoms with E-state index in [4.69, 9.17) is 0 Å². The molecule has 0 unspecified atom stereocenters. The van der Waals surface area contributed by atoms with E-state index in [9.17, 15) is 4.79 Å². The van der Waals surface area contributed by atoms with Crippen LogP contribution in [0.4, 0.5) is 0 Å². The van der Waals surface area contributed by atoms with Crippen LogP contribution >= 0.6 is 15.9 Å². The Kier molecular flexibility index (Phi) is 5.18. The third kappa shape index (κ3) is 3.60. The summed E-state index contributed by atoms with van der Waals surface area (Å²) in [6.45, 7) is 5.08. The number of carbonyl (C=O) groups excluding carboxylic acids is 1. The maximum Gasteiger partial charge on any atom is 0.251 e. The molecule has 20 heavy (non-hydrogen) atoms. The summed E-state index contributed by atoms with van der Waals surface area (Å²) >= 11 is 3.46. The highest BCUT2D eigenvalue weighted by molar-refractivity contribution is 9.10. The summed E-state index contributed by atoms with van der Waals surface area (Å²) in [5.74, 6) is 0.581. The molecule has 2 rings (SSSR count). The van der Waals surface area contributed by atoms with Gasteiger partial charge in [0.25, 0.3) is 5.91 Å². The molecule has 0 atom stereocenters. The lowest BCUT2D eigenvalue weighted by Gasteiger charge is -2.13. The van der Waals surface area contributed by atoms with E-state index < -0.39 is 0 Å². The summed E-state index contributed by atoms with van der Waals surface area (Å²) in [6.07, 6.45) is 2.20. The molecule has 0 heterocycles. The van der Waals surface area contributed by atoms with E-state index in [1.165, 1.54) is 0 Å². The van der Waals surface area contributed by atoms with Crippen molar-refractivity contribution in [1.29, 1.82) is 0 Å². The number of benzene rings is 2. The van der Waals surface area contributed by atoms with Crippen molar-refractivity contribution in [2.75, 3.05) is 6.54 Å². The Morgan fingerprint density at radius 1 is 1.10 bits per heavy atom. The minimum absolute atomic E-state index is 0.0155. The lowest BCUT2D eigenvalue weighted by atomic mass is 10.0. The van der Waals surface area contributed by atoms with Gasteiger partial charge in [-0.25, -0.2) is 0 Å². The van der Waals surface area contributed by atoms with Crippen LogP contribution < -0.4 is 5.32 Å². The minimum Gasteiger partial charge on any atom is -0.352 e. The number of carbonyl (C=O) groups is 1. The van der Waals surface area contributed by atoms with E-state index in [1.807, 2.05) is 30.3 Å². The number of halogens is 1. The van der Waals surface area contributed by atoms with Crippen molar-refractivity contribution in [3.63, 3.8) is 0 Å². The number of fused-ring (bicyclic) bond motifs is 1. The normalized spacial score (nSPS) is 11.0. The fraction of sp³-hybridized carbons (Fsp3) is 0.353. The van der Waals surface area contributed by atoms with Crippen molar-refractivity contribution >= 4 is 32.6 Å². The second-order valence-corrected chi connectivity index (χ2v) is 6.01. The van der Waals surface area contributed by atoms with E-state index in [0.717, 1.165) is 40.2 Å². The van der Waals surface area contributed by atoms with Gasteiger partial charge >= 0.3 is 0 Å². The fourth-order valence-corrected chi connectivity index (χ4v) is 2.65. The van der Waals surface area contributed by atoms with Crippen LogP contribution in [0.3, 0.4) is 0 Å². The molecule has 1 amide bonds. The standard InChI is InChI=1S/C17H20BrNO/c1-3-12(4-2)11-19-17(20)15-6-5-14-10-16(18)8-7-13(14)9-15/h5-10,12H,3-4,11H2,1-2H3,(H,19,20). The van der Waals surface area contributed by atoms with E-state index >= 15 is 0 Å². The second kappa shape index (κ2) is 6.89. The van der Waals surface area contributed by atoms with E-state index in [2.05, 4.69) is 41.2 Å². The Morgan fingerprint density at radius 3 is 2.45 bits per heavy atom. The van der Waals surface area contributed by atoms with Gasteiger partial charge in [-0.15, -0.1) is 0 Å². The van der Waals surface area contributed by atoms with Crippen molar-refractivity contribution in [1.82, 2.24) is 5.32 Å². The molecule has 0 aromatic heterocycles. The fourth-order valence-electron chi connectivity index (χ4n) is 2.27. The van der Waals surface area contributed by atoms with Gasteiger partial charge < -0.3 is 5.32 Å². The highest BCUT2D eigenvalue weighted by Crippen LogP contribution is 2.21. The van der Waals surface area contributed by atoms with Gasteiger partial charge in [-0.2, -0.15) is 0 Å². The van der Waals surface area contributed by atoms with Crippen LogP contribution in [0.25, 0.3) is 10.8 Å².